The summed E-state index contributed by atoms with van der Waals surface area (Å²) in [5.41, 5.74) is 9.99. The molecule has 0 saturated heterocycles. The second-order valence-electron chi connectivity index (χ2n) is 23.4. The summed E-state index contributed by atoms with van der Waals surface area (Å²) < 4.78 is 28.1. The molecule has 10 rings (SSSR count). The van der Waals surface area contributed by atoms with Crippen molar-refractivity contribution in [2.24, 2.45) is 0 Å². The van der Waals surface area contributed by atoms with Gasteiger partial charge in [-0.15, -0.1) is 0 Å². The van der Waals surface area contributed by atoms with Crippen LogP contribution >= 0.6 is 0 Å². The van der Waals surface area contributed by atoms with Gasteiger partial charge in [-0.25, -0.2) is 38.3 Å². The molecule has 71 heavy (non-hydrogen) atoms. The van der Waals surface area contributed by atoms with Crippen molar-refractivity contribution in [1.29, 1.82) is 0 Å². The second-order valence-corrected chi connectivity index (χ2v) is 25.5. The Morgan fingerprint density at radius 3 is 1.69 bits per heavy atom. The lowest BCUT2D eigenvalue weighted by molar-refractivity contribution is -0.118. The number of fused-ring (bicyclic) bond motifs is 5. The van der Waals surface area contributed by atoms with Gasteiger partial charge in [-0.2, -0.15) is 0 Å². The molecule has 1 aromatic carbocycles. The van der Waals surface area contributed by atoms with Crippen molar-refractivity contribution in [3.05, 3.63) is 123 Å². The fraction of sp³-hybridized carbons (Fsp3) is 0.509. The van der Waals surface area contributed by atoms with Crippen molar-refractivity contribution in [3.63, 3.8) is 0 Å². The number of rotatable bonds is 0. The van der Waals surface area contributed by atoms with Crippen LogP contribution in [0.5, 0.6) is 5.75 Å². The summed E-state index contributed by atoms with van der Waals surface area (Å²) >= 11 is 0. The van der Waals surface area contributed by atoms with Gasteiger partial charge in [0.25, 0.3) is 17.7 Å². The lowest BCUT2D eigenvalue weighted by atomic mass is 9.85. The summed E-state index contributed by atoms with van der Waals surface area (Å²) in [6.45, 7) is 34.4. The highest BCUT2D eigenvalue weighted by molar-refractivity contribution is 7.90. The van der Waals surface area contributed by atoms with Crippen LogP contribution in [0.3, 0.4) is 0 Å². The van der Waals surface area contributed by atoms with Crippen LogP contribution in [0, 0.1) is 0 Å². The maximum Gasteiger partial charge on any atom is 0.262 e. The highest BCUT2D eigenvalue weighted by Crippen LogP contribution is 2.32. The third-order valence-electron chi connectivity index (χ3n) is 11.7. The van der Waals surface area contributed by atoms with E-state index in [9.17, 15) is 22.8 Å². The fourth-order valence-corrected chi connectivity index (χ4v) is 8.88. The van der Waals surface area contributed by atoms with Gasteiger partial charge in [0.05, 0.1) is 46.9 Å². The molecule has 0 aliphatic carbocycles. The minimum atomic E-state index is -2.97. The number of amides is 3. The van der Waals surface area contributed by atoms with Crippen molar-refractivity contribution in [3.8, 4) is 5.75 Å². The Balaban J connectivity index is 0.000000145. The van der Waals surface area contributed by atoms with E-state index in [0.29, 0.717) is 41.6 Å². The zero-order valence-electron chi connectivity index (χ0n) is 44.1. The third kappa shape index (κ3) is 14.0. The Morgan fingerprint density at radius 1 is 0.521 bits per heavy atom. The van der Waals surface area contributed by atoms with Crippen molar-refractivity contribution in [2.75, 3.05) is 11.9 Å². The molecular formula is C53H71N11O6S. The summed E-state index contributed by atoms with van der Waals surface area (Å²) in [6, 6.07) is 8.05. The number of pyridine rings is 1. The fourth-order valence-electron chi connectivity index (χ4n) is 7.40. The van der Waals surface area contributed by atoms with Gasteiger partial charge in [0, 0.05) is 88.3 Å². The number of benzene rings is 1. The predicted octanol–water partition coefficient (Wildman–Crippen LogP) is 7.53. The molecule has 17 nitrogen and oxygen atoms in total. The van der Waals surface area contributed by atoms with E-state index in [0.717, 1.165) is 52.8 Å². The molecule has 0 bridgehead atoms. The van der Waals surface area contributed by atoms with Gasteiger partial charge >= 0.3 is 0 Å². The monoisotopic (exact) mass is 990 g/mol. The van der Waals surface area contributed by atoms with E-state index >= 15 is 0 Å². The number of hydrogen-bond donors (Lipinski definition) is 4. The van der Waals surface area contributed by atoms with E-state index in [1.54, 1.807) is 18.6 Å². The van der Waals surface area contributed by atoms with Crippen LogP contribution in [0.1, 0.15) is 187 Å². The normalized spacial score (nSPS) is 16.1. The number of nitrogens with one attached hydrogen (secondary N) is 4. The summed E-state index contributed by atoms with van der Waals surface area (Å²) in [5.74, 6) is 3.15. The minimum Gasteiger partial charge on any atom is -0.481 e. The van der Waals surface area contributed by atoms with E-state index < -0.39 is 9.84 Å². The van der Waals surface area contributed by atoms with Crippen molar-refractivity contribution in [1.82, 2.24) is 50.8 Å². The third-order valence-corrected chi connectivity index (χ3v) is 13.2. The molecule has 0 radical (unpaired) electrons. The summed E-state index contributed by atoms with van der Waals surface area (Å²) in [7, 11) is -2.97. The van der Waals surface area contributed by atoms with E-state index in [1.165, 1.54) is 16.8 Å². The SMILES string of the molecule is CC(C)(C)c1cc2c(cn1)NC(=O)CO2.CC(C)(C)c1ccc2c(c1)C(=O)NC2.CC(C)(C)c1ncc2c(n1)CNC2.CC(C)(C)c1ncc2c(n1)CNC2=O.CC(C)(C)c1ncc2c(n1)CS(=O)(=O)C2. The lowest BCUT2D eigenvalue weighted by Gasteiger charge is -2.22. The van der Waals surface area contributed by atoms with Gasteiger partial charge in [-0.3, -0.25) is 19.4 Å². The van der Waals surface area contributed by atoms with Crippen LogP contribution in [0.15, 0.2) is 49.1 Å². The van der Waals surface area contributed by atoms with E-state index in [1.807, 2.05) is 45.2 Å². The van der Waals surface area contributed by atoms with Crippen LogP contribution in [-0.4, -0.2) is 67.6 Å². The molecule has 0 atom stereocenters. The molecule has 0 spiro atoms. The number of nitrogens with zero attached hydrogens (tertiary/aromatic N) is 7. The number of sulfone groups is 1. The quantitative estimate of drug-likeness (QED) is 0.117. The number of carbonyl (C=O) groups excluding carboxylic acids is 3. The molecule has 380 valence electrons. The zero-order valence-corrected chi connectivity index (χ0v) is 44.9. The van der Waals surface area contributed by atoms with Gasteiger partial charge in [-0.1, -0.05) is 116 Å². The minimum absolute atomic E-state index is 0.0140. The first-order valence-corrected chi connectivity index (χ1v) is 25.7. The number of carbonyl (C=O) groups is 3. The number of anilines is 1. The van der Waals surface area contributed by atoms with Gasteiger partial charge in [0.1, 0.15) is 28.9 Å². The average Bonchev–Trinajstić information content (AvgIpc) is 4.06. The predicted molar refractivity (Wildman–Crippen MR) is 274 cm³/mol. The van der Waals surface area contributed by atoms with Gasteiger partial charge in [0.2, 0.25) is 0 Å². The molecular weight excluding hydrogens is 919 g/mol. The van der Waals surface area contributed by atoms with Gasteiger partial charge in [0.15, 0.2) is 16.4 Å². The molecule has 5 aromatic rings. The highest BCUT2D eigenvalue weighted by atomic mass is 32.2. The molecule has 5 aliphatic heterocycles. The molecule has 5 aliphatic rings. The van der Waals surface area contributed by atoms with Crippen molar-refractivity contribution >= 4 is 33.2 Å². The van der Waals surface area contributed by atoms with Crippen LogP contribution < -0.4 is 26.0 Å². The molecule has 18 heteroatoms. The number of ether oxygens (including phenoxy) is 1. The first kappa shape index (κ1) is 54.1. The zero-order chi connectivity index (χ0) is 52.5. The second kappa shape index (κ2) is 20.5. The first-order valence-electron chi connectivity index (χ1n) is 23.9. The standard InChI is InChI=1S/C12H15NO.C11H14N2O2.C10H13N3O.C10H15N3.C10H14N2O2S/c1-12(2,3)9-5-4-8-7-13-11(14)10(8)6-9;1-11(2,3)9-4-8-7(5-12-9)13-10(14)6-15-8;1-10(2,3)9-12-4-6-7(13-9)5-11-8(6)14;1-10(2,3)9-12-5-7-4-11-6-8(7)13-9;1-10(2,3)9-11-4-7-5-15(13,14)6-8(7)12-9/h4-6H,7H2,1-3H3,(H,13,14);4-5H,6H2,1-3H3,(H,13,14);4H,5H2,1-3H3,(H,11,14);5,11H,4,6H2,1-3H3;4H,5-6H2,1-3H3. The van der Waals surface area contributed by atoms with Crippen LogP contribution in [-0.2, 0) is 79.4 Å². The molecule has 3 amide bonds. The number of aromatic nitrogens is 7. The maximum atomic E-state index is 11.4. The topological polar surface area (TPSA) is 233 Å². The maximum absolute atomic E-state index is 11.4. The van der Waals surface area contributed by atoms with E-state index in [4.69, 9.17) is 4.74 Å². The van der Waals surface area contributed by atoms with Gasteiger partial charge in [-0.05, 0) is 22.6 Å². The molecule has 4 N–H and O–H groups in total. The Kier molecular flexibility index (Phi) is 15.6. The molecule has 9 heterocycles. The van der Waals surface area contributed by atoms with Crippen LogP contribution in [0.4, 0.5) is 5.69 Å². The Labute approximate surface area is 419 Å². The number of hydrogen-bond acceptors (Lipinski definition) is 14. The molecule has 4 aromatic heterocycles. The summed E-state index contributed by atoms with van der Waals surface area (Å²) in [6.07, 6.45) is 6.86. The summed E-state index contributed by atoms with van der Waals surface area (Å²) in [5, 5.41) is 11.5. The van der Waals surface area contributed by atoms with E-state index in [2.05, 4.69) is 145 Å². The van der Waals surface area contributed by atoms with E-state index in [-0.39, 0.29) is 62.9 Å². The highest BCUT2D eigenvalue weighted by Gasteiger charge is 2.30. The Hall–Kier alpha value is -6.27. The Morgan fingerprint density at radius 2 is 1.08 bits per heavy atom. The van der Waals surface area contributed by atoms with Crippen LogP contribution in [0.25, 0.3) is 0 Å². The molecule has 0 unspecified atom stereocenters. The Bertz CT molecular complexity index is 2940. The molecule has 0 saturated carbocycles. The smallest absolute Gasteiger partial charge is 0.262 e. The van der Waals surface area contributed by atoms with Crippen molar-refractivity contribution in [2.45, 2.75) is 169 Å². The van der Waals surface area contributed by atoms with Crippen molar-refractivity contribution < 1.29 is 27.5 Å². The van der Waals surface area contributed by atoms with Gasteiger partial charge < -0.3 is 26.0 Å². The lowest BCUT2D eigenvalue weighted by Crippen LogP contribution is -2.26. The van der Waals surface area contributed by atoms with Crippen LogP contribution in [0.2, 0.25) is 0 Å². The average molecular weight is 990 g/mol. The summed E-state index contributed by atoms with van der Waals surface area (Å²) in [4.78, 5) is 64.1. The largest absolute Gasteiger partial charge is 0.481 e. The first-order chi connectivity index (χ1) is 32.8. The molecule has 0 fully saturated rings.